The minimum atomic E-state index is -0.232. The standard InChI is InChI=1S/C61H63N4O.Pt/c1-40(2)50-25-19-26-51(41(3)4)58(50)56-38-63(46-23-18-22-43(32-46)59(5,6)7)39-64(56)47-33-45(60(8,9)10)34-49(36-47)66-48-28-29-53-52-24-16-17-27-54(52)65(55(53)37-48)57-35-44(30-31-62-57)61(11,12)42-20-14-13-15-21-42;/h13-35,38-41H,1-12H3;/q-3;. The predicted octanol–water partition coefficient (Wildman–Crippen LogP) is 16.2. The van der Waals surface area contributed by atoms with E-state index in [1.54, 1.807) is 0 Å². The fraction of sp³-hybridized carbons (Fsp3) is 0.279. The molecule has 0 fully saturated rings. The van der Waals surface area contributed by atoms with Crippen molar-refractivity contribution in [1.29, 1.82) is 0 Å². The summed E-state index contributed by atoms with van der Waals surface area (Å²) in [5.74, 6) is 2.70. The number of fused-ring (bicyclic) bond motifs is 3. The van der Waals surface area contributed by atoms with Crippen LogP contribution in [0.5, 0.6) is 11.5 Å². The molecule has 0 unspecified atom stereocenters. The zero-order valence-corrected chi connectivity index (χ0v) is 43.4. The van der Waals surface area contributed by atoms with Crippen LogP contribution in [-0.2, 0) is 37.3 Å². The summed E-state index contributed by atoms with van der Waals surface area (Å²) in [4.78, 5) is 9.58. The number of pyridine rings is 1. The van der Waals surface area contributed by atoms with E-state index in [-0.39, 0.29) is 37.3 Å². The number of anilines is 2. The van der Waals surface area contributed by atoms with Gasteiger partial charge < -0.3 is 19.1 Å². The van der Waals surface area contributed by atoms with E-state index in [2.05, 4.69) is 250 Å². The first-order valence-corrected chi connectivity index (χ1v) is 23.5. The maximum absolute atomic E-state index is 6.96. The van der Waals surface area contributed by atoms with Crippen LogP contribution in [0.4, 0.5) is 11.4 Å². The van der Waals surface area contributed by atoms with Gasteiger partial charge in [0, 0.05) is 66.6 Å². The molecule has 0 radical (unpaired) electrons. The number of hydrogen-bond acceptors (Lipinski definition) is 4. The Morgan fingerprint density at radius 1 is 0.582 bits per heavy atom. The van der Waals surface area contributed by atoms with Crippen molar-refractivity contribution in [2.24, 2.45) is 0 Å². The van der Waals surface area contributed by atoms with E-state index in [1.165, 1.54) is 33.4 Å². The molecule has 0 N–H and O–H groups in total. The smallest absolute Gasteiger partial charge is 0.135 e. The Morgan fingerprint density at radius 3 is 1.93 bits per heavy atom. The van der Waals surface area contributed by atoms with Gasteiger partial charge in [-0.15, -0.1) is 53.6 Å². The number of nitrogens with zero attached hydrogens (tertiary/aromatic N) is 4. The summed E-state index contributed by atoms with van der Waals surface area (Å²) in [6, 6.07) is 55.4. The maximum atomic E-state index is 6.96. The zero-order chi connectivity index (χ0) is 46.7. The van der Waals surface area contributed by atoms with Gasteiger partial charge in [-0.05, 0) is 92.4 Å². The van der Waals surface area contributed by atoms with Gasteiger partial charge in [0.05, 0.1) is 0 Å². The summed E-state index contributed by atoms with van der Waals surface area (Å²) < 4.78 is 9.18. The van der Waals surface area contributed by atoms with Crippen molar-refractivity contribution in [2.45, 2.75) is 111 Å². The van der Waals surface area contributed by atoms with E-state index in [9.17, 15) is 0 Å². The SMILES string of the molecule is CC(C)c1cccc(C(C)C)c1C1=CN(c2cccc(C(C)(C)C)c2)[CH-]N1c1[c-]c(Oc2[c-]c3c(cc2)c2ccccc2n3-c2cc(C(C)(C)c3ccccc3)ccn2)cc(C(C)(C)C)c1.[Pt]. The fourth-order valence-corrected chi connectivity index (χ4v) is 9.30. The number of benzene rings is 6. The molecule has 1 aliphatic heterocycles. The normalized spacial score (nSPS) is 13.5. The third-order valence-corrected chi connectivity index (χ3v) is 13.3. The first-order chi connectivity index (χ1) is 31.4. The summed E-state index contributed by atoms with van der Waals surface area (Å²) in [6.45, 7) is 29.5. The Bertz CT molecular complexity index is 3080. The minimum absolute atomic E-state index is 0. The molecule has 0 saturated heterocycles. The van der Waals surface area contributed by atoms with Crippen molar-refractivity contribution in [3.05, 3.63) is 204 Å². The zero-order valence-electron chi connectivity index (χ0n) is 41.1. The summed E-state index contributed by atoms with van der Waals surface area (Å²) in [5.41, 5.74) is 13.5. The average Bonchev–Trinajstić information content (AvgIpc) is 3.88. The van der Waals surface area contributed by atoms with E-state index in [1.807, 2.05) is 12.3 Å². The third kappa shape index (κ3) is 9.25. The summed E-state index contributed by atoms with van der Waals surface area (Å²) in [7, 11) is 0. The van der Waals surface area contributed by atoms with Crippen molar-refractivity contribution in [1.82, 2.24) is 9.55 Å². The first-order valence-electron chi connectivity index (χ1n) is 23.5. The number of para-hydroxylation sites is 1. The Balaban J connectivity index is 0.00000608. The summed E-state index contributed by atoms with van der Waals surface area (Å²) >= 11 is 0. The van der Waals surface area contributed by atoms with Crippen molar-refractivity contribution in [3.63, 3.8) is 0 Å². The molecule has 0 amide bonds. The van der Waals surface area contributed by atoms with Gasteiger partial charge in [-0.3, -0.25) is 0 Å². The van der Waals surface area contributed by atoms with Crippen LogP contribution in [0.3, 0.4) is 0 Å². The van der Waals surface area contributed by atoms with Crippen LogP contribution in [0.15, 0.2) is 146 Å². The van der Waals surface area contributed by atoms with Crippen LogP contribution in [0.2, 0.25) is 0 Å². The summed E-state index contributed by atoms with van der Waals surface area (Å²) in [5, 5.41) is 2.22. The van der Waals surface area contributed by atoms with Crippen LogP contribution < -0.4 is 14.5 Å². The Morgan fingerprint density at radius 2 is 1.24 bits per heavy atom. The topological polar surface area (TPSA) is 33.5 Å². The van der Waals surface area contributed by atoms with Crippen LogP contribution in [0.25, 0.3) is 33.3 Å². The van der Waals surface area contributed by atoms with Crippen molar-refractivity contribution in [3.8, 4) is 17.3 Å². The summed E-state index contributed by atoms with van der Waals surface area (Å²) in [6.07, 6.45) is 4.23. The molecular weight excluding hydrogens is 1000 g/mol. The van der Waals surface area contributed by atoms with E-state index in [0.717, 1.165) is 50.3 Å². The van der Waals surface area contributed by atoms with Crippen LogP contribution in [0, 0.1) is 18.8 Å². The molecule has 0 aliphatic carbocycles. The second-order valence-electron chi connectivity index (χ2n) is 21.1. The number of aromatic nitrogens is 2. The first kappa shape index (κ1) is 47.6. The molecule has 6 heteroatoms. The quantitative estimate of drug-likeness (QED) is 0.128. The van der Waals surface area contributed by atoms with E-state index < -0.39 is 0 Å². The van der Waals surface area contributed by atoms with Crippen LogP contribution in [-0.4, -0.2) is 9.55 Å². The van der Waals surface area contributed by atoms with E-state index in [4.69, 9.17) is 9.72 Å². The number of rotatable bonds is 10. The Hall–Kier alpha value is -5.90. The van der Waals surface area contributed by atoms with E-state index >= 15 is 0 Å². The molecular formula is C61H63N4OPt-3. The predicted molar refractivity (Wildman–Crippen MR) is 277 cm³/mol. The molecule has 0 spiro atoms. The van der Waals surface area contributed by atoms with Gasteiger partial charge in [0.2, 0.25) is 0 Å². The molecule has 6 aromatic carbocycles. The molecule has 0 bridgehead atoms. The third-order valence-electron chi connectivity index (χ3n) is 13.3. The molecule has 0 saturated carbocycles. The fourth-order valence-electron chi connectivity index (χ4n) is 9.30. The Labute approximate surface area is 413 Å². The molecule has 3 heterocycles. The largest absolute Gasteiger partial charge is 0.509 e. The molecule has 8 aromatic rings. The second kappa shape index (κ2) is 18.3. The van der Waals surface area contributed by atoms with Gasteiger partial charge in [0.15, 0.2) is 0 Å². The molecule has 5 nitrogen and oxygen atoms in total. The second-order valence-corrected chi connectivity index (χ2v) is 21.1. The molecule has 67 heavy (non-hydrogen) atoms. The van der Waals surface area contributed by atoms with Gasteiger partial charge in [0.25, 0.3) is 0 Å². The van der Waals surface area contributed by atoms with Crippen molar-refractivity contribution >= 4 is 38.9 Å². The maximum Gasteiger partial charge on any atom is 0.135 e. The van der Waals surface area contributed by atoms with Gasteiger partial charge in [-0.25, -0.2) is 4.98 Å². The van der Waals surface area contributed by atoms with Crippen molar-refractivity contribution < 1.29 is 25.8 Å². The molecule has 2 aromatic heterocycles. The number of ether oxygens (including phenoxy) is 1. The average molecular weight is 1060 g/mol. The van der Waals surface area contributed by atoms with Crippen LogP contribution in [0.1, 0.15) is 134 Å². The monoisotopic (exact) mass is 1060 g/mol. The number of hydrogen-bond donors (Lipinski definition) is 0. The Kier molecular flexibility index (Phi) is 13.0. The van der Waals surface area contributed by atoms with Gasteiger partial charge in [-0.2, -0.15) is 6.07 Å². The molecule has 346 valence electrons. The van der Waals surface area contributed by atoms with Crippen molar-refractivity contribution in [2.75, 3.05) is 9.80 Å². The van der Waals surface area contributed by atoms with Gasteiger partial charge >= 0.3 is 0 Å². The minimum Gasteiger partial charge on any atom is -0.509 e. The van der Waals surface area contributed by atoms with Gasteiger partial charge in [0.1, 0.15) is 5.82 Å². The molecule has 1 aliphatic rings. The van der Waals surface area contributed by atoms with Gasteiger partial charge in [-0.1, -0.05) is 167 Å². The molecule has 0 atom stereocenters. The van der Waals surface area contributed by atoms with Crippen LogP contribution >= 0.6 is 0 Å². The molecule has 9 rings (SSSR count). The van der Waals surface area contributed by atoms with E-state index in [0.29, 0.717) is 23.3 Å².